The zero-order valence-electron chi connectivity index (χ0n) is 29.8. The van der Waals surface area contributed by atoms with Crippen LogP contribution in [0, 0.1) is 5.92 Å². The summed E-state index contributed by atoms with van der Waals surface area (Å²) in [6.07, 6.45) is 7.64. The molecule has 1 aliphatic carbocycles. The quantitative estimate of drug-likeness (QED) is 0.174. The third kappa shape index (κ3) is 5.79. The van der Waals surface area contributed by atoms with Gasteiger partial charge in [0.1, 0.15) is 11.2 Å². The average molecular weight is 694 g/mol. The molecule has 4 nitrogen and oxygen atoms in total. The molecule has 10 rings (SSSR count). The zero-order chi connectivity index (χ0) is 36.0. The van der Waals surface area contributed by atoms with Crippen LogP contribution in [0.25, 0.3) is 94.7 Å². The van der Waals surface area contributed by atoms with Crippen LogP contribution >= 0.6 is 0 Å². The van der Waals surface area contributed by atoms with Gasteiger partial charge in [-0.15, -0.1) is 0 Å². The highest BCUT2D eigenvalue weighted by atomic mass is 16.3. The highest BCUT2D eigenvalue weighted by Gasteiger charge is 2.20. The normalized spacial score (nSPS) is 14.2. The van der Waals surface area contributed by atoms with Gasteiger partial charge in [0.15, 0.2) is 17.5 Å². The van der Waals surface area contributed by atoms with E-state index in [9.17, 15) is 0 Å². The van der Waals surface area contributed by atoms with E-state index in [-0.39, 0.29) is 0 Å². The van der Waals surface area contributed by atoms with Crippen molar-refractivity contribution in [2.45, 2.75) is 13.3 Å². The zero-order valence-corrected chi connectivity index (χ0v) is 29.8. The van der Waals surface area contributed by atoms with E-state index in [2.05, 4.69) is 159 Å². The minimum Gasteiger partial charge on any atom is -0.456 e. The van der Waals surface area contributed by atoms with Gasteiger partial charge in [-0.3, -0.25) is 0 Å². The highest BCUT2D eigenvalue weighted by molar-refractivity contribution is 6.12. The molecule has 54 heavy (non-hydrogen) atoms. The molecule has 0 fully saturated rings. The van der Waals surface area contributed by atoms with Crippen molar-refractivity contribution in [2.24, 2.45) is 5.92 Å². The van der Waals surface area contributed by atoms with Crippen LogP contribution < -0.4 is 0 Å². The van der Waals surface area contributed by atoms with Gasteiger partial charge in [-0.05, 0) is 92.9 Å². The van der Waals surface area contributed by atoms with Gasteiger partial charge in [0.2, 0.25) is 0 Å². The fraction of sp³-hybridized carbons (Fsp3) is 0.0600. The lowest BCUT2D eigenvalue weighted by atomic mass is 9.87. The van der Waals surface area contributed by atoms with Crippen LogP contribution in [0.1, 0.15) is 18.9 Å². The molecule has 7 aromatic carbocycles. The summed E-state index contributed by atoms with van der Waals surface area (Å²) in [5.41, 5.74) is 11.6. The highest BCUT2D eigenvalue weighted by Crippen LogP contribution is 2.39. The van der Waals surface area contributed by atoms with Gasteiger partial charge in [0.25, 0.3) is 0 Å². The van der Waals surface area contributed by atoms with E-state index < -0.39 is 0 Å². The topological polar surface area (TPSA) is 51.8 Å². The summed E-state index contributed by atoms with van der Waals surface area (Å²) >= 11 is 0. The van der Waals surface area contributed by atoms with E-state index in [1.165, 1.54) is 22.3 Å². The Bertz CT molecular complexity index is 2920. The molecule has 0 saturated carbocycles. The smallest absolute Gasteiger partial charge is 0.164 e. The second-order valence-corrected chi connectivity index (χ2v) is 14.1. The van der Waals surface area contributed by atoms with E-state index >= 15 is 0 Å². The first kappa shape index (κ1) is 31.8. The Labute approximate surface area is 313 Å². The molecule has 0 N–H and O–H groups in total. The molecule has 0 saturated heterocycles. The lowest BCUT2D eigenvalue weighted by Gasteiger charge is -2.18. The Hall–Kier alpha value is -6.91. The molecule has 9 aromatic rings. The van der Waals surface area contributed by atoms with E-state index in [4.69, 9.17) is 19.4 Å². The lowest BCUT2D eigenvalue weighted by Crippen LogP contribution is -2.02. The maximum Gasteiger partial charge on any atom is 0.164 e. The van der Waals surface area contributed by atoms with Crippen molar-refractivity contribution in [1.29, 1.82) is 0 Å². The van der Waals surface area contributed by atoms with Crippen molar-refractivity contribution in [3.8, 4) is 56.4 Å². The van der Waals surface area contributed by atoms with Crippen LogP contribution in [0.4, 0.5) is 0 Å². The molecule has 4 heteroatoms. The van der Waals surface area contributed by atoms with Crippen molar-refractivity contribution >= 4 is 38.3 Å². The molecule has 0 radical (unpaired) electrons. The SMILES string of the molecule is CC1CC=CC=C1c1cccc(-c2nc(-c3ccc4cc(-c5ccccc5)ccc4c3)nc(-c3cccc4oc5cc(-c6ccccc6)ccc5c34)n2)c1. The molecule has 0 amide bonds. The van der Waals surface area contributed by atoms with Gasteiger partial charge in [0.05, 0.1) is 0 Å². The molecular weight excluding hydrogens is 659 g/mol. The van der Waals surface area contributed by atoms with Gasteiger partial charge < -0.3 is 4.42 Å². The van der Waals surface area contributed by atoms with E-state index in [0.29, 0.717) is 23.4 Å². The van der Waals surface area contributed by atoms with Crippen LogP contribution in [0.5, 0.6) is 0 Å². The van der Waals surface area contributed by atoms with Crippen LogP contribution in [0.15, 0.2) is 180 Å². The number of hydrogen-bond acceptors (Lipinski definition) is 4. The molecule has 1 aliphatic rings. The predicted molar refractivity (Wildman–Crippen MR) is 223 cm³/mol. The van der Waals surface area contributed by atoms with Crippen molar-refractivity contribution in [1.82, 2.24) is 15.0 Å². The van der Waals surface area contributed by atoms with Gasteiger partial charge >= 0.3 is 0 Å². The van der Waals surface area contributed by atoms with Crippen molar-refractivity contribution in [2.75, 3.05) is 0 Å². The number of nitrogens with zero attached hydrogens (tertiary/aromatic N) is 3. The van der Waals surface area contributed by atoms with Crippen molar-refractivity contribution in [3.63, 3.8) is 0 Å². The monoisotopic (exact) mass is 693 g/mol. The van der Waals surface area contributed by atoms with Crippen LogP contribution in [0.2, 0.25) is 0 Å². The number of rotatable bonds is 6. The Morgan fingerprint density at radius 3 is 1.81 bits per heavy atom. The maximum atomic E-state index is 6.51. The largest absolute Gasteiger partial charge is 0.456 e. The van der Waals surface area contributed by atoms with Crippen LogP contribution in [0.3, 0.4) is 0 Å². The van der Waals surface area contributed by atoms with Crippen LogP contribution in [-0.4, -0.2) is 15.0 Å². The first-order chi connectivity index (χ1) is 26.6. The number of fused-ring (bicyclic) bond motifs is 4. The third-order valence-corrected chi connectivity index (χ3v) is 10.6. The summed E-state index contributed by atoms with van der Waals surface area (Å²) in [6, 6.07) is 55.1. The Kier molecular flexibility index (Phi) is 7.80. The number of aromatic nitrogens is 3. The number of allylic oxidation sites excluding steroid dienone is 4. The molecule has 1 unspecified atom stereocenters. The summed E-state index contributed by atoms with van der Waals surface area (Å²) < 4.78 is 6.51. The molecule has 2 heterocycles. The standard InChI is InChI=1S/C50H35N3O/c1-32-12-8-9-19-42(32)39-17-10-18-40(30-39)48-51-49(41-25-24-36-28-35(22-23-37(36)29-41)33-13-4-2-5-14-33)53-50(52-48)44-20-11-21-45-47(44)43-27-26-38(31-46(43)54-45)34-15-6-3-7-16-34/h2-11,13-32H,12H2,1H3. The number of hydrogen-bond donors (Lipinski definition) is 0. The first-order valence-electron chi connectivity index (χ1n) is 18.5. The first-order valence-corrected chi connectivity index (χ1v) is 18.5. The van der Waals surface area contributed by atoms with E-state index in [1.807, 2.05) is 24.3 Å². The molecular formula is C50H35N3O. The molecule has 0 bridgehead atoms. The minimum absolute atomic E-state index is 0.434. The van der Waals surface area contributed by atoms with Gasteiger partial charge in [-0.25, -0.2) is 15.0 Å². The minimum atomic E-state index is 0.434. The van der Waals surface area contributed by atoms with E-state index in [1.54, 1.807) is 0 Å². The van der Waals surface area contributed by atoms with Crippen LogP contribution in [-0.2, 0) is 0 Å². The number of furan rings is 1. The average Bonchev–Trinajstić information content (AvgIpc) is 3.62. The Morgan fingerprint density at radius 1 is 0.481 bits per heavy atom. The van der Waals surface area contributed by atoms with Crippen molar-refractivity contribution in [3.05, 3.63) is 182 Å². The number of benzene rings is 7. The molecule has 256 valence electrons. The Balaban J connectivity index is 1.14. The second kappa shape index (κ2) is 13.3. The summed E-state index contributed by atoms with van der Waals surface area (Å²) in [7, 11) is 0. The summed E-state index contributed by atoms with van der Waals surface area (Å²) in [5, 5.41) is 4.30. The fourth-order valence-corrected chi connectivity index (χ4v) is 7.74. The second-order valence-electron chi connectivity index (χ2n) is 14.1. The summed E-state index contributed by atoms with van der Waals surface area (Å²) in [6.45, 7) is 2.28. The predicted octanol–water partition coefficient (Wildman–Crippen LogP) is 13.2. The molecule has 1 atom stereocenters. The van der Waals surface area contributed by atoms with E-state index in [0.717, 1.165) is 66.9 Å². The third-order valence-electron chi connectivity index (χ3n) is 10.6. The van der Waals surface area contributed by atoms with Gasteiger partial charge in [-0.1, -0.05) is 146 Å². The van der Waals surface area contributed by atoms with Gasteiger partial charge in [-0.2, -0.15) is 0 Å². The molecule has 2 aromatic heterocycles. The van der Waals surface area contributed by atoms with Crippen molar-refractivity contribution < 1.29 is 4.42 Å². The van der Waals surface area contributed by atoms with Gasteiger partial charge in [0, 0.05) is 27.5 Å². The fourth-order valence-electron chi connectivity index (χ4n) is 7.74. The Morgan fingerprint density at radius 2 is 1.07 bits per heavy atom. The molecule has 0 spiro atoms. The summed E-state index contributed by atoms with van der Waals surface area (Å²) in [5.74, 6) is 2.29. The molecule has 0 aliphatic heterocycles. The maximum absolute atomic E-state index is 6.51. The lowest BCUT2D eigenvalue weighted by molar-refractivity contribution is 0.669. The summed E-state index contributed by atoms with van der Waals surface area (Å²) in [4.78, 5) is 15.6.